The van der Waals surface area contributed by atoms with E-state index >= 15 is 0 Å². The minimum Gasteiger partial charge on any atom is -0.372 e. The molecule has 2 aromatic heterocycles. The van der Waals surface area contributed by atoms with Gasteiger partial charge >= 0.3 is 0 Å². The molecular weight excluding hydrogens is 204 g/mol. The fourth-order valence-electron chi connectivity index (χ4n) is 1.30. The minimum atomic E-state index is 0.757. The molecule has 84 valence electrons. The lowest BCUT2D eigenvalue weighted by Crippen LogP contribution is -2.10. The van der Waals surface area contributed by atoms with Crippen molar-refractivity contribution in [1.29, 1.82) is 0 Å². The summed E-state index contributed by atoms with van der Waals surface area (Å²) in [6.45, 7) is 1.64. The van der Waals surface area contributed by atoms with Crippen molar-refractivity contribution < 1.29 is 0 Å². The lowest BCUT2D eigenvalue weighted by atomic mass is 10.5. The van der Waals surface area contributed by atoms with Crippen LogP contribution in [0.15, 0.2) is 31.1 Å². The van der Waals surface area contributed by atoms with E-state index in [0.717, 1.165) is 24.7 Å². The Hall–Kier alpha value is -2.11. The molecule has 0 fully saturated rings. The van der Waals surface area contributed by atoms with E-state index in [0.29, 0.717) is 0 Å². The molecule has 0 aliphatic carbocycles. The Labute approximate surface area is 93.8 Å². The zero-order valence-electron chi connectivity index (χ0n) is 9.09. The predicted molar refractivity (Wildman–Crippen MR) is 62.3 cm³/mol. The van der Waals surface area contributed by atoms with Gasteiger partial charge in [0.05, 0.1) is 18.7 Å². The number of nitrogens with zero attached hydrogens (tertiary/aromatic N) is 4. The molecular formula is C10H14N6. The third kappa shape index (κ3) is 2.69. The lowest BCUT2D eigenvalue weighted by molar-refractivity contribution is 0.725. The standard InChI is InChI=1S/C10H14N6/c1-11-9-6-13-7-10(15-9)14-3-5-16-4-2-12-8-16/h2,4,6-8H,3,5H2,1H3,(H2,11,14,15). The summed E-state index contributed by atoms with van der Waals surface area (Å²) in [6, 6.07) is 0. The normalized spacial score (nSPS) is 10.1. The maximum absolute atomic E-state index is 4.30. The predicted octanol–water partition coefficient (Wildman–Crippen LogP) is 0.827. The van der Waals surface area contributed by atoms with Gasteiger partial charge < -0.3 is 15.2 Å². The average Bonchev–Trinajstić information content (AvgIpc) is 2.82. The molecule has 0 atom stereocenters. The van der Waals surface area contributed by atoms with E-state index in [1.807, 2.05) is 17.8 Å². The number of nitrogens with one attached hydrogen (secondary N) is 2. The molecule has 0 spiro atoms. The molecule has 0 saturated carbocycles. The third-order valence-electron chi connectivity index (χ3n) is 2.13. The summed E-state index contributed by atoms with van der Waals surface area (Å²) in [6.07, 6.45) is 8.87. The average molecular weight is 218 g/mol. The van der Waals surface area contributed by atoms with Gasteiger partial charge in [0.25, 0.3) is 0 Å². The third-order valence-corrected chi connectivity index (χ3v) is 2.13. The van der Waals surface area contributed by atoms with Gasteiger partial charge in [0, 0.05) is 32.5 Å². The Morgan fingerprint density at radius 3 is 2.88 bits per heavy atom. The molecule has 16 heavy (non-hydrogen) atoms. The van der Waals surface area contributed by atoms with Crippen molar-refractivity contribution in [2.24, 2.45) is 0 Å². The Balaban J connectivity index is 1.85. The number of aromatic nitrogens is 4. The van der Waals surface area contributed by atoms with Crippen LogP contribution in [0.1, 0.15) is 0 Å². The Morgan fingerprint density at radius 1 is 1.25 bits per heavy atom. The first kappa shape index (κ1) is 10.4. The first-order valence-corrected chi connectivity index (χ1v) is 5.08. The summed E-state index contributed by atoms with van der Waals surface area (Å²) in [7, 11) is 1.82. The molecule has 2 aromatic rings. The van der Waals surface area contributed by atoms with Crippen LogP contribution in [0.4, 0.5) is 11.6 Å². The van der Waals surface area contributed by atoms with Gasteiger partial charge in [-0.3, -0.25) is 4.98 Å². The zero-order valence-corrected chi connectivity index (χ0v) is 9.09. The van der Waals surface area contributed by atoms with Gasteiger partial charge in [-0.25, -0.2) is 9.97 Å². The van der Waals surface area contributed by atoms with Gasteiger partial charge in [-0.2, -0.15) is 0 Å². The van der Waals surface area contributed by atoms with E-state index in [9.17, 15) is 0 Å². The van der Waals surface area contributed by atoms with Crippen LogP contribution in [-0.2, 0) is 6.54 Å². The Kier molecular flexibility index (Phi) is 3.32. The van der Waals surface area contributed by atoms with Crippen molar-refractivity contribution in [2.45, 2.75) is 6.54 Å². The van der Waals surface area contributed by atoms with Gasteiger partial charge in [0.15, 0.2) is 0 Å². The molecule has 6 nitrogen and oxygen atoms in total. The van der Waals surface area contributed by atoms with E-state index in [1.54, 1.807) is 24.9 Å². The zero-order chi connectivity index (χ0) is 11.2. The second kappa shape index (κ2) is 5.11. The molecule has 0 aliphatic rings. The second-order valence-electron chi connectivity index (χ2n) is 3.27. The van der Waals surface area contributed by atoms with Gasteiger partial charge in [-0.15, -0.1) is 0 Å². The highest BCUT2D eigenvalue weighted by Crippen LogP contribution is 2.04. The van der Waals surface area contributed by atoms with Crippen LogP contribution < -0.4 is 10.6 Å². The number of rotatable bonds is 5. The smallest absolute Gasteiger partial charge is 0.147 e. The van der Waals surface area contributed by atoms with Crippen molar-refractivity contribution in [3.63, 3.8) is 0 Å². The minimum absolute atomic E-state index is 0.757. The second-order valence-corrected chi connectivity index (χ2v) is 3.27. The van der Waals surface area contributed by atoms with Crippen molar-refractivity contribution in [3.05, 3.63) is 31.1 Å². The maximum Gasteiger partial charge on any atom is 0.147 e. The summed E-state index contributed by atoms with van der Waals surface area (Å²) in [5.74, 6) is 1.53. The van der Waals surface area contributed by atoms with E-state index in [-0.39, 0.29) is 0 Å². The summed E-state index contributed by atoms with van der Waals surface area (Å²) in [5, 5.41) is 6.14. The molecule has 2 N–H and O–H groups in total. The molecule has 2 heterocycles. The highest BCUT2D eigenvalue weighted by Gasteiger charge is 1.96. The Bertz CT molecular complexity index is 425. The number of anilines is 2. The lowest BCUT2D eigenvalue weighted by Gasteiger charge is -2.06. The largest absolute Gasteiger partial charge is 0.372 e. The van der Waals surface area contributed by atoms with Crippen molar-refractivity contribution in [2.75, 3.05) is 24.2 Å². The van der Waals surface area contributed by atoms with E-state index in [4.69, 9.17) is 0 Å². The van der Waals surface area contributed by atoms with Crippen molar-refractivity contribution in [3.8, 4) is 0 Å². The van der Waals surface area contributed by atoms with Crippen LogP contribution in [0.3, 0.4) is 0 Å². The summed E-state index contributed by atoms with van der Waals surface area (Å²) < 4.78 is 2.00. The van der Waals surface area contributed by atoms with Crippen LogP contribution in [0.25, 0.3) is 0 Å². The monoisotopic (exact) mass is 218 g/mol. The van der Waals surface area contributed by atoms with Gasteiger partial charge in [-0.05, 0) is 0 Å². The van der Waals surface area contributed by atoms with E-state index < -0.39 is 0 Å². The molecule has 2 rings (SSSR count). The van der Waals surface area contributed by atoms with Crippen LogP contribution in [0.2, 0.25) is 0 Å². The maximum atomic E-state index is 4.30. The topological polar surface area (TPSA) is 67.7 Å². The van der Waals surface area contributed by atoms with Crippen molar-refractivity contribution >= 4 is 11.6 Å². The molecule has 0 unspecified atom stereocenters. The molecule has 0 saturated heterocycles. The fourth-order valence-corrected chi connectivity index (χ4v) is 1.30. The summed E-state index contributed by atoms with van der Waals surface area (Å²) in [5.41, 5.74) is 0. The molecule has 0 aromatic carbocycles. The molecule has 0 aliphatic heterocycles. The molecule has 6 heteroatoms. The highest BCUT2D eigenvalue weighted by molar-refractivity contribution is 5.40. The molecule has 0 amide bonds. The quantitative estimate of drug-likeness (QED) is 0.778. The fraction of sp³-hybridized carbons (Fsp3) is 0.300. The Morgan fingerprint density at radius 2 is 2.12 bits per heavy atom. The highest BCUT2D eigenvalue weighted by atomic mass is 15.1. The van der Waals surface area contributed by atoms with Gasteiger partial charge in [-0.1, -0.05) is 0 Å². The number of imidazole rings is 1. The van der Waals surface area contributed by atoms with Crippen LogP contribution in [0, 0.1) is 0 Å². The van der Waals surface area contributed by atoms with Gasteiger partial charge in [0.1, 0.15) is 11.6 Å². The first-order chi connectivity index (χ1) is 7.88. The van der Waals surface area contributed by atoms with Crippen molar-refractivity contribution in [1.82, 2.24) is 19.5 Å². The van der Waals surface area contributed by atoms with E-state index in [2.05, 4.69) is 25.6 Å². The summed E-state index contributed by atoms with van der Waals surface area (Å²) >= 11 is 0. The first-order valence-electron chi connectivity index (χ1n) is 5.08. The number of hydrogen-bond acceptors (Lipinski definition) is 5. The van der Waals surface area contributed by atoms with E-state index in [1.165, 1.54) is 0 Å². The van der Waals surface area contributed by atoms with Crippen LogP contribution in [-0.4, -0.2) is 33.1 Å². The molecule has 0 bridgehead atoms. The van der Waals surface area contributed by atoms with Gasteiger partial charge in [0.2, 0.25) is 0 Å². The molecule has 0 radical (unpaired) electrons. The summed E-state index contributed by atoms with van der Waals surface area (Å²) in [4.78, 5) is 12.3. The van der Waals surface area contributed by atoms with Crippen LogP contribution >= 0.6 is 0 Å². The SMILES string of the molecule is CNc1cncc(NCCn2ccnc2)n1. The number of hydrogen-bond donors (Lipinski definition) is 2. The van der Waals surface area contributed by atoms with Crippen LogP contribution in [0.5, 0.6) is 0 Å².